The summed E-state index contributed by atoms with van der Waals surface area (Å²) in [5, 5.41) is 14.9. The van der Waals surface area contributed by atoms with Gasteiger partial charge in [-0.05, 0) is 48.7 Å². The van der Waals surface area contributed by atoms with E-state index in [4.69, 9.17) is 19.2 Å². The van der Waals surface area contributed by atoms with Crippen molar-refractivity contribution in [2.24, 2.45) is 0 Å². The third kappa shape index (κ3) is 4.31. The van der Waals surface area contributed by atoms with Crippen molar-refractivity contribution in [1.29, 1.82) is 0 Å². The maximum Gasteiger partial charge on any atom is 0.407 e. The molecule has 6 rings (SSSR count). The molecule has 2 aromatic carbocycles. The average Bonchev–Trinajstić information content (AvgIpc) is 3.35. The standard InChI is InChI=1S/C31H29N3O7/c1-4-31(38)23-13-25-27-21(14-34(25)28(35)22(23)16-40-29(31)36)26(20-12-19(39-3)10-11-24(20)33-27)17(2)32-30(37)41-15-18-8-6-5-7-9-18/h5-13,17,38H,4,14-16H2,1-3H3,(H,32,37)/t17-,31-/m0/s1. The number of ether oxygens (including phenoxy) is 3. The van der Waals surface area contributed by atoms with Gasteiger partial charge in [-0.3, -0.25) is 4.79 Å². The number of nitrogens with one attached hydrogen (secondary N) is 1. The highest BCUT2D eigenvalue weighted by atomic mass is 16.6. The summed E-state index contributed by atoms with van der Waals surface area (Å²) < 4.78 is 17.7. The third-order valence-corrected chi connectivity index (χ3v) is 7.92. The molecule has 1 amide bonds. The molecular weight excluding hydrogens is 526 g/mol. The Hall–Kier alpha value is -4.70. The van der Waals surface area contributed by atoms with Crippen LogP contribution in [0.5, 0.6) is 5.75 Å². The number of benzene rings is 2. The van der Waals surface area contributed by atoms with E-state index in [1.807, 2.05) is 49.4 Å². The molecule has 4 aromatic rings. The summed E-state index contributed by atoms with van der Waals surface area (Å²) >= 11 is 0. The van der Waals surface area contributed by atoms with Gasteiger partial charge in [0.15, 0.2) is 5.60 Å². The van der Waals surface area contributed by atoms with Gasteiger partial charge in [0, 0.05) is 16.5 Å². The number of carbonyl (C=O) groups is 2. The van der Waals surface area contributed by atoms with Gasteiger partial charge in [0.2, 0.25) is 0 Å². The van der Waals surface area contributed by atoms with Crippen molar-refractivity contribution in [2.75, 3.05) is 7.11 Å². The SMILES string of the molecule is CC[C@@]1(O)C(=O)OCc2c1cc1n(c2=O)Cc2c-1nc1ccc(OC)cc1c2[C@H](C)NC(=O)OCc1ccccc1. The highest BCUT2D eigenvalue weighted by Gasteiger charge is 2.45. The summed E-state index contributed by atoms with van der Waals surface area (Å²) in [6, 6.07) is 16.0. The van der Waals surface area contributed by atoms with E-state index in [0.29, 0.717) is 22.7 Å². The Morgan fingerprint density at radius 1 is 1.17 bits per heavy atom. The highest BCUT2D eigenvalue weighted by molar-refractivity contribution is 5.90. The summed E-state index contributed by atoms with van der Waals surface area (Å²) in [5.74, 6) is -0.160. The Morgan fingerprint density at radius 3 is 2.68 bits per heavy atom. The van der Waals surface area contributed by atoms with Crippen molar-refractivity contribution < 1.29 is 28.9 Å². The molecule has 0 unspecified atom stereocenters. The fraction of sp³-hybridized carbons (Fsp3) is 0.290. The zero-order valence-electron chi connectivity index (χ0n) is 22.9. The Bertz CT molecular complexity index is 1770. The molecule has 41 heavy (non-hydrogen) atoms. The molecule has 2 aliphatic heterocycles. The molecular formula is C31H29N3O7. The van der Waals surface area contributed by atoms with Gasteiger partial charge in [-0.1, -0.05) is 37.3 Å². The number of methoxy groups -OCH3 is 1. The van der Waals surface area contributed by atoms with Crippen LogP contribution in [0.1, 0.15) is 54.1 Å². The number of cyclic esters (lactones) is 1. The minimum atomic E-state index is -1.92. The first-order valence-corrected chi connectivity index (χ1v) is 13.4. The van der Waals surface area contributed by atoms with Gasteiger partial charge in [-0.25, -0.2) is 14.6 Å². The zero-order valence-corrected chi connectivity index (χ0v) is 22.9. The van der Waals surface area contributed by atoms with Crippen LogP contribution in [0.4, 0.5) is 4.79 Å². The molecule has 2 atom stereocenters. The lowest BCUT2D eigenvalue weighted by molar-refractivity contribution is -0.172. The molecule has 10 heteroatoms. The summed E-state index contributed by atoms with van der Waals surface area (Å²) in [7, 11) is 1.57. The Kier molecular flexibility index (Phi) is 6.50. The number of nitrogens with zero attached hydrogens (tertiary/aromatic N) is 2. The molecule has 0 saturated heterocycles. The Labute approximate surface area is 235 Å². The van der Waals surface area contributed by atoms with E-state index < -0.39 is 23.7 Å². The summed E-state index contributed by atoms with van der Waals surface area (Å²) in [4.78, 5) is 43.9. The van der Waals surface area contributed by atoms with Crippen molar-refractivity contribution in [2.45, 2.75) is 51.7 Å². The number of carbonyl (C=O) groups excluding carboxylic acids is 2. The monoisotopic (exact) mass is 555 g/mol. The summed E-state index contributed by atoms with van der Waals surface area (Å²) in [6.07, 6.45) is -0.536. The predicted molar refractivity (Wildman–Crippen MR) is 149 cm³/mol. The summed E-state index contributed by atoms with van der Waals surface area (Å²) in [5.41, 5.74) is 2.25. The quantitative estimate of drug-likeness (QED) is 0.300. The van der Waals surface area contributed by atoms with Crippen LogP contribution in [0, 0.1) is 0 Å². The van der Waals surface area contributed by atoms with E-state index in [1.165, 1.54) is 0 Å². The number of fused-ring (bicyclic) bond motifs is 5. The van der Waals surface area contributed by atoms with Crippen molar-refractivity contribution >= 4 is 23.0 Å². The van der Waals surface area contributed by atoms with Gasteiger partial charge in [0.1, 0.15) is 19.0 Å². The number of rotatable bonds is 6. The van der Waals surface area contributed by atoms with E-state index in [9.17, 15) is 19.5 Å². The first-order chi connectivity index (χ1) is 19.7. The molecule has 2 aromatic heterocycles. The number of hydrogen-bond donors (Lipinski definition) is 2. The first-order valence-electron chi connectivity index (χ1n) is 13.4. The molecule has 4 heterocycles. The minimum Gasteiger partial charge on any atom is -0.497 e. The van der Waals surface area contributed by atoms with Crippen LogP contribution in [0.2, 0.25) is 0 Å². The Morgan fingerprint density at radius 2 is 1.95 bits per heavy atom. The van der Waals surface area contributed by atoms with E-state index in [1.54, 1.807) is 30.7 Å². The third-order valence-electron chi connectivity index (χ3n) is 7.92. The fourth-order valence-corrected chi connectivity index (χ4v) is 5.72. The van der Waals surface area contributed by atoms with Gasteiger partial charge in [0.25, 0.3) is 5.56 Å². The highest BCUT2D eigenvalue weighted by Crippen LogP contribution is 2.42. The minimum absolute atomic E-state index is 0.0524. The van der Waals surface area contributed by atoms with Crippen molar-refractivity contribution in [3.05, 3.63) is 92.8 Å². The second-order valence-electron chi connectivity index (χ2n) is 10.3. The molecule has 0 radical (unpaired) electrons. The van der Waals surface area contributed by atoms with E-state index in [-0.39, 0.29) is 42.9 Å². The van der Waals surface area contributed by atoms with Crippen molar-refractivity contribution in [3.63, 3.8) is 0 Å². The second kappa shape index (κ2) is 10.0. The van der Waals surface area contributed by atoms with Crippen LogP contribution >= 0.6 is 0 Å². The van der Waals surface area contributed by atoms with Crippen LogP contribution in [0.25, 0.3) is 22.3 Å². The molecule has 0 spiro atoms. The van der Waals surface area contributed by atoms with Crippen molar-refractivity contribution in [3.8, 4) is 17.1 Å². The van der Waals surface area contributed by atoms with Crippen LogP contribution in [-0.4, -0.2) is 33.8 Å². The number of amides is 1. The second-order valence-corrected chi connectivity index (χ2v) is 10.3. The average molecular weight is 556 g/mol. The predicted octanol–water partition coefficient (Wildman–Crippen LogP) is 4.08. The molecule has 2 aliphatic rings. The smallest absolute Gasteiger partial charge is 0.407 e. The number of esters is 1. The topological polar surface area (TPSA) is 129 Å². The number of aliphatic hydroxyl groups is 1. The van der Waals surface area contributed by atoms with Gasteiger partial charge in [-0.2, -0.15) is 0 Å². The van der Waals surface area contributed by atoms with Gasteiger partial charge in [0.05, 0.1) is 42.2 Å². The normalized spacial score (nSPS) is 17.7. The lowest BCUT2D eigenvalue weighted by atomic mass is 9.86. The first kappa shape index (κ1) is 26.5. The fourth-order valence-electron chi connectivity index (χ4n) is 5.72. The zero-order chi connectivity index (χ0) is 28.9. The largest absolute Gasteiger partial charge is 0.497 e. The maximum absolute atomic E-state index is 13.7. The van der Waals surface area contributed by atoms with Crippen LogP contribution in [-0.2, 0) is 39.6 Å². The molecule has 210 valence electrons. The number of hydrogen-bond acceptors (Lipinski definition) is 8. The van der Waals surface area contributed by atoms with Gasteiger partial charge >= 0.3 is 12.1 Å². The Balaban J connectivity index is 1.45. The number of pyridine rings is 2. The maximum atomic E-state index is 13.7. The molecule has 2 N–H and O–H groups in total. The van der Waals surface area contributed by atoms with Crippen LogP contribution in [0.15, 0.2) is 59.4 Å². The molecule has 0 saturated carbocycles. The van der Waals surface area contributed by atoms with E-state index in [0.717, 1.165) is 22.1 Å². The van der Waals surface area contributed by atoms with Crippen LogP contribution in [0.3, 0.4) is 0 Å². The van der Waals surface area contributed by atoms with E-state index in [2.05, 4.69) is 5.32 Å². The molecule has 10 nitrogen and oxygen atoms in total. The number of alkyl carbamates (subject to hydrolysis) is 1. The molecule has 0 aliphatic carbocycles. The van der Waals surface area contributed by atoms with E-state index >= 15 is 0 Å². The van der Waals surface area contributed by atoms with Gasteiger partial charge in [-0.15, -0.1) is 0 Å². The van der Waals surface area contributed by atoms with Crippen molar-refractivity contribution in [1.82, 2.24) is 14.9 Å². The van der Waals surface area contributed by atoms with Crippen LogP contribution < -0.4 is 15.6 Å². The lowest BCUT2D eigenvalue weighted by Gasteiger charge is -2.31. The summed E-state index contributed by atoms with van der Waals surface area (Å²) in [6.45, 7) is 3.61. The van der Waals surface area contributed by atoms with Gasteiger partial charge < -0.3 is 29.2 Å². The lowest BCUT2D eigenvalue weighted by Crippen LogP contribution is -2.44. The molecule has 0 bridgehead atoms. The molecule has 0 fully saturated rings. The number of aromatic nitrogens is 2.